The predicted molar refractivity (Wildman–Crippen MR) is 70.5 cm³/mol. The van der Waals surface area contributed by atoms with Crippen LogP contribution in [0.5, 0.6) is 5.75 Å². The number of methoxy groups -OCH3 is 1. The van der Waals surface area contributed by atoms with Gasteiger partial charge in [0.05, 0.1) is 13.2 Å². The lowest BCUT2D eigenvalue weighted by atomic mass is 9.82. The zero-order valence-electron chi connectivity index (χ0n) is 11.2. The number of benzene rings is 1. The number of hydrogen-bond acceptors (Lipinski definition) is 3. The molecule has 0 amide bonds. The van der Waals surface area contributed by atoms with Gasteiger partial charge in [-0.05, 0) is 36.5 Å². The van der Waals surface area contributed by atoms with Gasteiger partial charge >= 0.3 is 0 Å². The summed E-state index contributed by atoms with van der Waals surface area (Å²) in [7, 11) is 1.39. The molecule has 1 aliphatic rings. The molecular formula is C15H21FO3. The van der Waals surface area contributed by atoms with Crippen molar-refractivity contribution in [1.82, 2.24) is 0 Å². The van der Waals surface area contributed by atoms with Gasteiger partial charge < -0.3 is 14.9 Å². The fourth-order valence-electron chi connectivity index (χ4n) is 2.80. The molecule has 1 aromatic carbocycles. The summed E-state index contributed by atoms with van der Waals surface area (Å²) in [6.45, 7) is 0. The van der Waals surface area contributed by atoms with E-state index < -0.39 is 18.0 Å². The Balaban J connectivity index is 2.09. The predicted octanol–water partition coefficient (Wildman–Crippen LogP) is 2.81. The van der Waals surface area contributed by atoms with Crippen molar-refractivity contribution in [3.05, 3.63) is 29.6 Å². The van der Waals surface area contributed by atoms with Crippen LogP contribution in [-0.2, 0) is 0 Å². The van der Waals surface area contributed by atoms with Gasteiger partial charge in [-0.15, -0.1) is 0 Å². The molecule has 2 rings (SSSR count). The van der Waals surface area contributed by atoms with Crippen LogP contribution in [0.4, 0.5) is 4.39 Å². The van der Waals surface area contributed by atoms with Crippen molar-refractivity contribution in [3.8, 4) is 5.75 Å². The van der Waals surface area contributed by atoms with E-state index in [2.05, 4.69) is 0 Å². The van der Waals surface area contributed by atoms with E-state index in [4.69, 9.17) is 4.74 Å². The number of rotatable bonds is 4. The molecule has 2 atom stereocenters. The molecule has 19 heavy (non-hydrogen) atoms. The van der Waals surface area contributed by atoms with Gasteiger partial charge in [0.1, 0.15) is 6.10 Å². The maximum absolute atomic E-state index is 13.6. The summed E-state index contributed by atoms with van der Waals surface area (Å²) >= 11 is 0. The first-order valence-electron chi connectivity index (χ1n) is 6.83. The van der Waals surface area contributed by atoms with Crippen LogP contribution < -0.4 is 4.74 Å². The molecule has 2 N–H and O–H groups in total. The molecule has 1 saturated carbocycles. The first-order valence-corrected chi connectivity index (χ1v) is 6.83. The number of ether oxygens (including phenoxy) is 1. The average Bonchev–Trinajstić information content (AvgIpc) is 2.46. The van der Waals surface area contributed by atoms with Gasteiger partial charge in [-0.2, -0.15) is 0 Å². The van der Waals surface area contributed by atoms with Gasteiger partial charge in [-0.1, -0.05) is 25.3 Å². The summed E-state index contributed by atoms with van der Waals surface area (Å²) in [6.07, 6.45) is 3.36. The third-order valence-electron chi connectivity index (χ3n) is 3.97. The number of aliphatic hydroxyl groups is 2. The molecule has 0 aliphatic heterocycles. The number of halogens is 1. The molecule has 0 radical (unpaired) electrons. The van der Waals surface area contributed by atoms with Gasteiger partial charge in [-0.25, -0.2) is 4.39 Å². The Labute approximate surface area is 113 Å². The third kappa shape index (κ3) is 3.25. The Hall–Kier alpha value is -1.13. The van der Waals surface area contributed by atoms with Gasteiger partial charge in [0.2, 0.25) is 0 Å². The Kier molecular flexibility index (Phi) is 4.77. The molecule has 3 nitrogen and oxygen atoms in total. The van der Waals surface area contributed by atoms with Crippen LogP contribution in [0.1, 0.15) is 43.8 Å². The highest BCUT2D eigenvalue weighted by Crippen LogP contribution is 2.33. The van der Waals surface area contributed by atoms with E-state index in [0.717, 1.165) is 25.7 Å². The molecule has 2 unspecified atom stereocenters. The second-order valence-corrected chi connectivity index (χ2v) is 5.23. The standard InChI is InChI=1S/C15H21FO3/c1-19-13-8-7-11(9-12(13)16)15(18)14(17)10-5-3-2-4-6-10/h7-10,14-15,17-18H,2-6H2,1H3. The fourth-order valence-corrected chi connectivity index (χ4v) is 2.80. The van der Waals surface area contributed by atoms with Crippen molar-refractivity contribution in [3.63, 3.8) is 0 Å². The summed E-state index contributed by atoms with van der Waals surface area (Å²) in [5, 5.41) is 20.4. The largest absolute Gasteiger partial charge is 0.494 e. The van der Waals surface area contributed by atoms with Gasteiger partial charge in [-0.3, -0.25) is 0 Å². The normalized spacial score (nSPS) is 20.0. The van der Waals surface area contributed by atoms with E-state index >= 15 is 0 Å². The molecule has 0 bridgehead atoms. The second kappa shape index (κ2) is 6.35. The van der Waals surface area contributed by atoms with Crippen LogP contribution in [0.15, 0.2) is 18.2 Å². The minimum Gasteiger partial charge on any atom is -0.494 e. The minimum atomic E-state index is -1.04. The van der Waals surface area contributed by atoms with Gasteiger partial charge in [0.15, 0.2) is 11.6 Å². The summed E-state index contributed by atoms with van der Waals surface area (Å²) in [6, 6.07) is 4.30. The van der Waals surface area contributed by atoms with Crippen LogP contribution in [0.3, 0.4) is 0 Å². The molecule has 1 fully saturated rings. The van der Waals surface area contributed by atoms with Crippen LogP contribution in [0.2, 0.25) is 0 Å². The van der Waals surface area contributed by atoms with Crippen LogP contribution >= 0.6 is 0 Å². The minimum absolute atomic E-state index is 0.105. The third-order valence-corrected chi connectivity index (χ3v) is 3.97. The highest BCUT2D eigenvalue weighted by atomic mass is 19.1. The number of hydrogen-bond donors (Lipinski definition) is 2. The van der Waals surface area contributed by atoms with Crippen LogP contribution in [-0.4, -0.2) is 23.4 Å². The first-order chi connectivity index (χ1) is 9.13. The number of aliphatic hydroxyl groups excluding tert-OH is 2. The smallest absolute Gasteiger partial charge is 0.165 e. The van der Waals surface area contributed by atoms with Gasteiger partial charge in [0, 0.05) is 0 Å². The quantitative estimate of drug-likeness (QED) is 0.882. The lowest BCUT2D eigenvalue weighted by Gasteiger charge is -2.30. The Morgan fingerprint density at radius 3 is 2.47 bits per heavy atom. The topological polar surface area (TPSA) is 49.7 Å². The van der Waals surface area contributed by atoms with Crippen molar-refractivity contribution < 1.29 is 19.3 Å². The Morgan fingerprint density at radius 1 is 1.21 bits per heavy atom. The lowest BCUT2D eigenvalue weighted by Crippen LogP contribution is -2.29. The second-order valence-electron chi connectivity index (χ2n) is 5.23. The summed E-state index contributed by atoms with van der Waals surface area (Å²) in [5.74, 6) is -0.271. The summed E-state index contributed by atoms with van der Waals surface area (Å²) in [5.41, 5.74) is 0.399. The average molecular weight is 268 g/mol. The maximum Gasteiger partial charge on any atom is 0.165 e. The summed E-state index contributed by atoms with van der Waals surface area (Å²) < 4.78 is 18.4. The molecule has 0 saturated heterocycles. The van der Waals surface area contributed by atoms with Crippen molar-refractivity contribution in [2.75, 3.05) is 7.11 Å². The van der Waals surface area contributed by atoms with Crippen molar-refractivity contribution in [1.29, 1.82) is 0 Å². The molecule has 106 valence electrons. The zero-order chi connectivity index (χ0) is 13.8. The van der Waals surface area contributed by atoms with E-state index in [1.54, 1.807) is 6.07 Å². The SMILES string of the molecule is COc1ccc(C(O)C(O)C2CCCCC2)cc1F. The van der Waals surface area contributed by atoms with E-state index in [1.165, 1.54) is 25.7 Å². The molecule has 4 heteroatoms. The van der Waals surface area contributed by atoms with Crippen molar-refractivity contribution >= 4 is 0 Å². The Morgan fingerprint density at radius 2 is 1.89 bits per heavy atom. The van der Waals surface area contributed by atoms with Crippen molar-refractivity contribution in [2.24, 2.45) is 5.92 Å². The molecule has 0 heterocycles. The van der Waals surface area contributed by atoms with E-state index in [0.29, 0.717) is 5.56 Å². The van der Waals surface area contributed by atoms with E-state index in [-0.39, 0.29) is 11.7 Å². The monoisotopic (exact) mass is 268 g/mol. The molecule has 0 spiro atoms. The Bertz CT molecular complexity index is 416. The van der Waals surface area contributed by atoms with E-state index in [9.17, 15) is 14.6 Å². The summed E-state index contributed by atoms with van der Waals surface area (Å²) in [4.78, 5) is 0. The highest BCUT2D eigenvalue weighted by Gasteiger charge is 2.29. The van der Waals surface area contributed by atoms with E-state index in [1.807, 2.05) is 0 Å². The van der Waals surface area contributed by atoms with Gasteiger partial charge in [0.25, 0.3) is 0 Å². The molecule has 0 aromatic heterocycles. The fraction of sp³-hybridized carbons (Fsp3) is 0.600. The van der Waals surface area contributed by atoms with Crippen molar-refractivity contribution in [2.45, 2.75) is 44.3 Å². The van der Waals surface area contributed by atoms with Crippen LogP contribution in [0.25, 0.3) is 0 Å². The van der Waals surface area contributed by atoms with Crippen LogP contribution in [0, 0.1) is 11.7 Å². The molecule has 1 aromatic rings. The highest BCUT2D eigenvalue weighted by molar-refractivity contribution is 5.30. The zero-order valence-corrected chi connectivity index (χ0v) is 11.2. The first kappa shape index (κ1) is 14.3. The lowest BCUT2D eigenvalue weighted by molar-refractivity contribution is -0.0287. The molecule has 1 aliphatic carbocycles. The maximum atomic E-state index is 13.6. The molecular weight excluding hydrogens is 247 g/mol.